The molecule has 0 bridgehead atoms. The SMILES string of the molecule is C1=C(c2ccccc2)C(c2c3cc4c5ccccc5c5cccc(c3c(-c3ccccc3)c3c6cc7ccc(-c8cccc9ccccc89)cc7c7cccc(c23)c76)c54)=CCC1. The van der Waals surface area contributed by atoms with Gasteiger partial charge in [0, 0.05) is 0 Å². The van der Waals surface area contributed by atoms with E-state index in [9.17, 15) is 0 Å². The Morgan fingerprint density at radius 3 is 1.60 bits per heavy atom. The van der Waals surface area contributed by atoms with Crippen LogP contribution in [0, 0.1) is 0 Å². The largest absolute Gasteiger partial charge is 0.0757 e. The molecule has 0 saturated carbocycles. The maximum absolute atomic E-state index is 2.57. The molecule has 0 atom stereocenters. The van der Waals surface area contributed by atoms with Crippen LogP contribution in [0.25, 0.3) is 130 Å². The molecule has 0 unspecified atom stereocenters. The van der Waals surface area contributed by atoms with Gasteiger partial charge in [-0.05, 0) is 173 Å². The van der Waals surface area contributed by atoms with E-state index in [0.29, 0.717) is 0 Å². The van der Waals surface area contributed by atoms with E-state index >= 15 is 0 Å². The zero-order valence-corrected chi connectivity index (χ0v) is 34.0. The third-order valence-corrected chi connectivity index (χ3v) is 14.1. The van der Waals surface area contributed by atoms with Gasteiger partial charge in [0.05, 0.1) is 0 Å². The summed E-state index contributed by atoms with van der Waals surface area (Å²) in [5.41, 5.74) is 10.4. The van der Waals surface area contributed by atoms with Crippen LogP contribution in [0.3, 0.4) is 0 Å². The van der Waals surface area contributed by atoms with Crippen molar-refractivity contribution >= 4 is 108 Å². The molecule has 0 aromatic heterocycles. The lowest BCUT2D eigenvalue weighted by Gasteiger charge is -2.23. The van der Waals surface area contributed by atoms with Crippen LogP contribution < -0.4 is 0 Å². The first-order chi connectivity index (χ1) is 30.8. The van der Waals surface area contributed by atoms with Crippen molar-refractivity contribution in [2.45, 2.75) is 12.8 Å². The Labute approximate surface area is 359 Å². The molecule has 62 heavy (non-hydrogen) atoms. The predicted octanol–water partition coefficient (Wildman–Crippen LogP) is 17.5. The fourth-order valence-electron chi connectivity index (χ4n) is 11.6. The number of hydrogen-bond donors (Lipinski definition) is 0. The second kappa shape index (κ2) is 12.9. The molecule has 0 heterocycles. The Hall–Kier alpha value is -7.80. The van der Waals surface area contributed by atoms with Crippen molar-refractivity contribution in [2.75, 3.05) is 0 Å². The molecule has 0 heteroatoms. The van der Waals surface area contributed by atoms with Crippen LogP contribution in [0.15, 0.2) is 206 Å². The molecular formula is C62H38. The summed E-state index contributed by atoms with van der Waals surface area (Å²) in [6, 6.07) is 73.1. The van der Waals surface area contributed by atoms with Gasteiger partial charge in [-0.3, -0.25) is 0 Å². The second-order valence-corrected chi connectivity index (χ2v) is 17.3. The lowest BCUT2D eigenvalue weighted by Crippen LogP contribution is -1.99. The first kappa shape index (κ1) is 34.0. The van der Waals surface area contributed by atoms with Crippen LogP contribution in [0.1, 0.15) is 24.0 Å². The minimum atomic E-state index is 1.01. The van der Waals surface area contributed by atoms with E-state index in [1.807, 2.05) is 0 Å². The molecule has 0 amide bonds. The van der Waals surface area contributed by atoms with Gasteiger partial charge in [-0.15, -0.1) is 0 Å². The summed E-state index contributed by atoms with van der Waals surface area (Å²) in [6.07, 6.45) is 7.08. The van der Waals surface area contributed by atoms with E-state index in [0.717, 1.165) is 12.8 Å². The number of benzene rings is 11. The predicted molar refractivity (Wildman–Crippen MR) is 269 cm³/mol. The molecule has 0 aliphatic heterocycles. The van der Waals surface area contributed by atoms with E-state index in [4.69, 9.17) is 0 Å². The van der Waals surface area contributed by atoms with E-state index in [2.05, 4.69) is 206 Å². The summed E-state index contributed by atoms with van der Waals surface area (Å²) < 4.78 is 0. The Balaban J connectivity index is 1.22. The summed E-state index contributed by atoms with van der Waals surface area (Å²) >= 11 is 0. The van der Waals surface area contributed by atoms with Crippen molar-refractivity contribution in [2.24, 2.45) is 0 Å². The maximum Gasteiger partial charge on any atom is -0.000697 e. The van der Waals surface area contributed by atoms with E-state index < -0.39 is 0 Å². The van der Waals surface area contributed by atoms with Gasteiger partial charge in [-0.25, -0.2) is 0 Å². The highest BCUT2D eigenvalue weighted by Gasteiger charge is 2.29. The fraction of sp³-hybridized carbons (Fsp3) is 0.0323. The molecule has 0 spiro atoms. The Kier molecular flexibility index (Phi) is 7.04. The second-order valence-electron chi connectivity index (χ2n) is 17.3. The molecule has 0 nitrogen and oxygen atoms in total. The summed E-state index contributed by atoms with van der Waals surface area (Å²) in [5.74, 6) is 0. The number of hydrogen-bond acceptors (Lipinski definition) is 0. The Bertz CT molecular complexity index is 4050. The van der Waals surface area contributed by atoms with Crippen LogP contribution in [0.5, 0.6) is 0 Å². The molecular weight excluding hydrogens is 745 g/mol. The highest BCUT2D eigenvalue weighted by atomic mass is 14.3. The standard InChI is InChI=1S/C62H38/c1-3-16-37(17-4-1)43-23-9-12-26-47(43)59-55-36-53-46-25-11-10-24-45(46)48-28-14-30-50(57(48)53)60(55)56(39-19-5-2-6-20-39)62-54-35-41-33-32-40(44-27-13-21-38-18-7-8-22-42(38)44)34-52(41)49-29-15-31-51(58(49)54)61(59)62/h1-8,10-11,13-36H,9,12H2. The first-order valence-corrected chi connectivity index (χ1v) is 22.0. The zero-order valence-electron chi connectivity index (χ0n) is 34.0. The molecule has 14 rings (SSSR count). The molecule has 1 aliphatic rings. The molecule has 0 radical (unpaired) electrons. The van der Waals surface area contributed by atoms with Gasteiger partial charge in [0.25, 0.3) is 0 Å². The molecule has 1 aliphatic carbocycles. The minimum absolute atomic E-state index is 1.01. The first-order valence-electron chi connectivity index (χ1n) is 22.0. The quantitative estimate of drug-likeness (QED) is 0.156. The summed E-state index contributed by atoms with van der Waals surface area (Å²) in [7, 11) is 0. The normalized spacial score (nSPS) is 13.5. The number of rotatable bonds is 4. The average molecular weight is 783 g/mol. The van der Waals surface area contributed by atoms with Gasteiger partial charge in [0.2, 0.25) is 0 Å². The van der Waals surface area contributed by atoms with Crippen molar-refractivity contribution in [3.8, 4) is 22.3 Å². The lowest BCUT2D eigenvalue weighted by atomic mass is 9.79. The van der Waals surface area contributed by atoms with E-state index in [-0.39, 0.29) is 0 Å². The number of fused-ring (bicyclic) bond motifs is 11. The van der Waals surface area contributed by atoms with Gasteiger partial charge < -0.3 is 0 Å². The van der Waals surface area contributed by atoms with Crippen LogP contribution in [-0.4, -0.2) is 0 Å². The summed E-state index contributed by atoms with van der Waals surface area (Å²) in [4.78, 5) is 0. The van der Waals surface area contributed by atoms with Crippen LogP contribution >= 0.6 is 0 Å². The number of allylic oxidation sites excluding steroid dienone is 4. The smallest absolute Gasteiger partial charge is 0.000697 e. The molecule has 0 N–H and O–H groups in total. The van der Waals surface area contributed by atoms with Crippen LogP contribution in [0.4, 0.5) is 0 Å². The van der Waals surface area contributed by atoms with Crippen molar-refractivity contribution in [3.63, 3.8) is 0 Å². The van der Waals surface area contributed by atoms with Crippen molar-refractivity contribution < 1.29 is 0 Å². The van der Waals surface area contributed by atoms with Gasteiger partial charge in [-0.2, -0.15) is 0 Å². The lowest BCUT2D eigenvalue weighted by molar-refractivity contribution is 1.04. The Morgan fingerprint density at radius 2 is 0.806 bits per heavy atom. The maximum atomic E-state index is 2.57. The molecule has 286 valence electrons. The molecule has 0 fully saturated rings. The summed E-state index contributed by atoms with van der Waals surface area (Å²) in [5, 5.41) is 23.8. The van der Waals surface area contributed by atoms with E-state index in [1.165, 1.54) is 141 Å². The Morgan fingerprint density at radius 1 is 0.242 bits per heavy atom. The van der Waals surface area contributed by atoms with Crippen LogP contribution in [0.2, 0.25) is 0 Å². The monoisotopic (exact) mass is 782 g/mol. The third kappa shape index (κ3) is 4.61. The highest BCUT2D eigenvalue weighted by Crippen LogP contribution is 2.56. The molecule has 13 aromatic rings. The highest BCUT2D eigenvalue weighted by molar-refractivity contribution is 6.45. The van der Waals surface area contributed by atoms with Gasteiger partial charge in [0.15, 0.2) is 0 Å². The van der Waals surface area contributed by atoms with Gasteiger partial charge in [-0.1, -0.05) is 188 Å². The van der Waals surface area contributed by atoms with E-state index in [1.54, 1.807) is 0 Å². The van der Waals surface area contributed by atoms with Crippen molar-refractivity contribution in [1.29, 1.82) is 0 Å². The fourth-order valence-corrected chi connectivity index (χ4v) is 11.6. The van der Waals surface area contributed by atoms with Gasteiger partial charge >= 0.3 is 0 Å². The average Bonchev–Trinajstić information content (AvgIpc) is 3.84. The molecule has 13 aromatic carbocycles. The minimum Gasteiger partial charge on any atom is -0.0757 e. The van der Waals surface area contributed by atoms with Gasteiger partial charge in [0.1, 0.15) is 0 Å². The van der Waals surface area contributed by atoms with Crippen LogP contribution in [-0.2, 0) is 0 Å². The molecule has 0 saturated heterocycles. The topological polar surface area (TPSA) is 0 Å². The van der Waals surface area contributed by atoms with Crippen molar-refractivity contribution in [1.82, 2.24) is 0 Å². The summed E-state index contributed by atoms with van der Waals surface area (Å²) in [6.45, 7) is 0. The third-order valence-electron chi connectivity index (χ3n) is 14.1. The van der Waals surface area contributed by atoms with Crippen molar-refractivity contribution in [3.05, 3.63) is 217 Å². The zero-order chi connectivity index (χ0) is 40.5.